The monoisotopic (exact) mass is 332 g/mol. The third-order valence-corrected chi connectivity index (χ3v) is 4.74. The zero-order chi connectivity index (χ0) is 16.6. The van der Waals surface area contributed by atoms with Gasteiger partial charge < -0.3 is 0 Å². The number of H-pyrrole nitrogens is 1. The lowest BCUT2D eigenvalue weighted by molar-refractivity contribution is -0.387. The lowest BCUT2D eigenvalue weighted by Gasteiger charge is -2.09. The molecule has 0 unspecified atom stereocenters. The number of nitro benzene ring substituents is 1. The Morgan fingerprint density at radius 2 is 2.04 bits per heavy atom. The minimum absolute atomic E-state index is 0.297. The van der Waals surface area contributed by atoms with E-state index in [9.17, 15) is 18.5 Å². The molecule has 3 rings (SSSR count). The average molecular weight is 332 g/mol. The molecule has 0 aliphatic heterocycles. The molecule has 1 aromatic heterocycles. The Balaban J connectivity index is 2.10. The summed E-state index contributed by atoms with van der Waals surface area (Å²) in [7, 11) is -4.11. The second-order valence-corrected chi connectivity index (χ2v) is 6.62. The maximum absolute atomic E-state index is 12.6. The average Bonchev–Trinajstić information content (AvgIpc) is 2.96. The smallest absolute Gasteiger partial charge is 0.279 e. The third kappa shape index (κ3) is 2.73. The van der Waals surface area contributed by atoms with Crippen LogP contribution < -0.4 is 4.72 Å². The van der Waals surface area contributed by atoms with Gasteiger partial charge in [0.1, 0.15) is 0 Å². The highest BCUT2D eigenvalue weighted by atomic mass is 32.2. The predicted molar refractivity (Wildman–Crippen MR) is 84.7 cm³/mol. The highest BCUT2D eigenvalue weighted by molar-refractivity contribution is 7.92. The van der Waals surface area contributed by atoms with Gasteiger partial charge in [-0.1, -0.05) is 12.1 Å². The highest BCUT2D eigenvalue weighted by Crippen LogP contribution is 2.29. The minimum Gasteiger partial charge on any atom is -0.279 e. The lowest BCUT2D eigenvalue weighted by Crippen LogP contribution is -2.15. The molecule has 8 nitrogen and oxygen atoms in total. The molecule has 0 amide bonds. The SMILES string of the molecule is Cc1ccc(S(=O)(=O)Nc2cccc3[nH]ncc23)c([N+](=O)[O-])c1. The Morgan fingerprint density at radius 1 is 1.26 bits per heavy atom. The zero-order valence-electron chi connectivity index (χ0n) is 12.0. The Labute approximate surface area is 131 Å². The van der Waals surface area contributed by atoms with Crippen molar-refractivity contribution >= 4 is 32.3 Å². The summed E-state index contributed by atoms with van der Waals surface area (Å²) in [4.78, 5) is 10.1. The van der Waals surface area contributed by atoms with Crippen molar-refractivity contribution in [2.24, 2.45) is 0 Å². The molecule has 0 bridgehead atoms. The van der Waals surface area contributed by atoms with Crippen LogP contribution in [0.25, 0.3) is 10.9 Å². The van der Waals surface area contributed by atoms with Crippen molar-refractivity contribution in [3.05, 3.63) is 58.3 Å². The second kappa shape index (κ2) is 5.36. The van der Waals surface area contributed by atoms with Crippen LogP contribution in [0.15, 0.2) is 47.5 Å². The summed E-state index contributed by atoms with van der Waals surface area (Å²) in [6, 6.07) is 8.93. The van der Waals surface area contributed by atoms with Gasteiger partial charge in [0.2, 0.25) is 0 Å². The molecule has 118 valence electrons. The summed E-state index contributed by atoms with van der Waals surface area (Å²) >= 11 is 0. The van der Waals surface area contributed by atoms with Crippen molar-refractivity contribution in [2.45, 2.75) is 11.8 Å². The first-order valence-electron chi connectivity index (χ1n) is 6.58. The van der Waals surface area contributed by atoms with Gasteiger partial charge in [-0.15, -0.1) is 0 Å². The number of aromatic nitrogens is 2. The maximum atomic E-state index is 12.6. The van der Waals surface area contributed by atoms with E-state index in [4.69, 9.17) is 0 Å². The normalized spacial score (nSPS) is 11.5. The molecule has 0 aliphatic carbocycles. The largest absolute Gasteiger partial charge is 0.290 e. The number of anilines is 1. The number of nitro groups is 1. The molecule has 1 heterocycles. The van der Waals surface area contributed by atoms with Gasteiger partial charge in [0.15, 0.2) is 4.90 Å². The van der Waals surface area contributed by atoms with E-state index in [1.807, 2.05) is 0 Å². The zero-order valence-corrected chi connectivity index (χ0v) is 12.8. The van der Waals surface area contributed by atoms with Crippen LogP contribution in [-0.2, 0) is 10.0 Å². The summed E-state index contributed by atoms with van der Waals surface area (Å²) < 4.78 is 27.5. The molecule has 9 heteroatoms. The molecule has 0 radical (unpaired) electrons. The van der Waals surface area contributed by atoms with Gasteiger partial charge in [-0.05, 0) is 30.7 Å². The Morgan fingerprint density at radius 3 is 2.78 bits per heavy atom. The molecule has 0 spiro atoms. The fourth-order valence-corrected chi connectivity index (χ4v) is 3.49. The van der Waals surface area contributed by atoms with E-state index in [-0.39, 0.29) is 4.90 Å². The van der Waals surface area contributed by atoms with E-state index in [0.717, 1.165) is 0 Å². The summed E-state index contributed by atoms with van der Waals surface area (Å²) in [6.07, 6.45) is 1.48. The lowest BCUT2D eigenvalue weighted by atomic mass is 10.2. The molecule has 0 aliphatic rings. The van der Waals surface area contributed by atoms with Crippen molar-refractivity contribution in [2.75, 3.05) is 4.72 Å². The molecular weight excluding hydrogens is 320 g/mol. The van der Waals surface area contributed by atoms with E-state index >= 15 is 0 Å². The van der Waals surface area contributed by atoms with Crippen LogP contribution in [0, 0.1) is 17.0 Å². The number of hydrogen-bond acceptors (Lipinski definition) is 5. The van der Waals surface area contributed by atoms with E-state index in [0.29, 0.717) is 22.2 Å². The van der Waals surface area contributed by atoms with Gasteiger partial charge in [0, 0.05) is 11.5 Å². The fraction of sp³-hybridized carbons (Fsp3) is 0.0714. The van der Waals surface area contributed by atoms with Crippen molar-refractivity contribution in [1.29, 1.82) is 0 Å². The first-order chi connectivity index (χ1) is 10.9. The first-order valence-corrected chi connectivity index (χ1v) is 8.07. The predicted octanol–water partition coefficient (Wildman–Crippen LogP) is 2.58. The molecule has 0 fully saturated rings. The number of fused-ring (bicyclic) bond motifs is 1. The van der Waals surface area contributed by atoms with E-state index in [1.165, 1.54) is 24.4 Å². The van der Waals surface area contributed by atoms with Crippen LogP contribution in [0.3, 0.4) is 0 Å². The van der Waals surface area contributed by atoms with Crippen molar-refractivity contribution in [3.63, 3.8) is 0 Å². The molecule has 3 aromatic rings. The van der Waals surface area contributed by atoms with Crippen molar-refractivity contribution in [1.82, 2.24) is 10.2 Å². The highest BCUT2D eigenvalue weighted by Gasteiger charge is 2.26. The second-order valence-electron chi connectivity index (χ2n) is 4.97. The standard InChI is InChI=1S/C14H12N4O4S/c1-9-5-6-14(13(7-9)18(19)20)23(21,22)17-12-4-2-3-11-10(12)8-15-16-11/h2-8,17H,1H3,(H,15,16). The van der Waals surface area contributed by atoms with Crippen molar-refractivity contribution < 1.29 is 13.3 Å². The summed E-state index contributed by atoms with van der Waals surface area (Å²) in [5, 5.41) is 18.3. The summed E-state index contributed by atoms with van der Waals surface area (Å²) in [5.41, 5.74) is 1.10. The van der Waals surface area contributed by atoms with Crippen LogP contribution in [-0.4, -0.2) is 23.5 Å². The molecule has 0 saturated heterocycles. The van der Waals surface area contributed by atoms with Gasteiger partial charge in [-0.2, -0.15) is 5.10 Å². The number of benzene rings is 2. The number of sulfonamides is 1. The van der Waals surface area contributed by atoms with E-state index < -0.39 is 20.6 Å². The molecule has 2 aromatic carbocycles. The van der Waals surface area contributed by atoms with E-state index in [2.05, 4.69) is 14.9 Å². The van der Waals surface area contributed by atoms with E-state index in [1.54, 1.807) is 25.1 Å². The molecule has 0 atom stereocenters. The summed E-state index contributed by atoms with van der Waals surface area (Å²) in [5.74, 6) is 0. The Kier molecular flexibility index (Phi) is 3.49. The Hall–Kier alpha value is -2.94. The number of aryl methyl sites for hydroxylation is 1. The minimum atomic E-state index is -4.11. The van der Waals surface area contributed by atoms with Crippen molar-refractivity contribution in [3.8, 4) is 0 Å². The van der Waals surface area contributed by atoms with Gasteiger partial charge in [0.05, 0.1) is 22.3 Å². The van der Waals surface area contributed by atoms with Crippen LogP contribution in [0.4, 0.5) is 11.4 Å². The third-order valence-electron chi connectivity index (χ3n) is 3.33. The number of nitrogens with zero attached hydrogens (tertiary/aromatic N) is 2. The topological polar surface area (TPSA) is 118 Å². The van der Waals surface area contributed by atoms with Crippen LogP contribution in [0.2, 0.25) is 0 Å². The van der Waals surface area contributed by atoms with Crippen LogP contribution >= 0.6 is 0 Å². The number of nitrogens with one attached hydrogen (secondary N) is 2. The van der Waals surface area contributed by atoms with Gasteiger partial charge in [-0.3, -0.25) is 19.9 Å². The van der Waals surface area contributed by atoms with Gasteiger partial charge in [0.25, 0.3) is 15.7 Å². The number of rotatable bonds is 4. The molecule has 23 heavy (non-hydrogen) atoms. The maximum Gasteiger partial charge on any atom is 0.290 e. The molecular formula is C14H12N4O4S. The Bertz CT molecular complexity index is 1010. The number of aromatic amines is 1. The quantitative estimate of drug-likeness (QED) is 0.562. The van der Waals surface area contributed by atoms with Crippen LogP contribution in [0.5, 0.6) is 0 Å². The molecule has 0 saturated carbocycles. The fourth-order valence-electron chi connectivity index (χ4n) is 2.25. The van der Waals surface area contributed by atoms with Gasteiger partial charge >= 0.3 is 0 Å². The van der Waals surface area contributed by atoms with Gasteiger partial charge in [-0.25, -0.2) is 8.42 Å². The first kappa shape index (κ1) is 15.0. The number of hydrogen-bond donors (Lipinski definition) is 2. The summed E-state index contributed by atoms with van der Waals surface area (Å²) in [6.45, 7) is 1.66. The molecule has 2 N–H and O–H groups in total. The van der Waals surface area contributed by atoms with Crippen LogP contribution in [0.1, 0.15) is 5.56 Å².